The van der Waals surface area contributed by atoms with Crippen LogP contribution >= 0.6 is 11.6 Å². The number of anilines is 2. The van der Waals surface area contributed by atoms with Gasteiger partial charge in [0, 0.05) is 23.8 Å². The van der Waals surface area contributed by atoms with Crippen molar-refractivity contribution < 1.29 is 21.6 Å². The van der Waals surface area contributed by atoms with Crippen molar-refractivity contribution in [2.24, 2.45) is 0 Å². The summed E-state index contributed by atoms with van der Waals surface area (Å²) in [6.45, 7) is 4.02. The van der Waals surface area contributed by atoms with Crippen LogP contribution in [0.25, 0.3) is 0 Å². The number of amides is 1. The van der Waals surface area contributed by atoms with E-state index in [1.165, 1.54) is 40.7 Å². The topological polar surface area (TPSA) is 104 Å². The lowest BCUT2D eigenvalue weighted by molar-refractivity contribution is -0.114. The number of sulfonamides is 2. The van der Waals surface area contributed by atoms with Gasteiger partial charge in [0.1, 0.15) is 6.54 Å². The van der Waals surface area contributed by atoms with Crippen molar-refractivity contribution in [3.05, 3.63) is 82.9 Å². The molecule has 0 atom stereocenters. The fourth-order valence-electron chi connectivity index (χ4n) is 4.12. The summed E-state index contributed by atoms with van der Waals surface area (Å²) >= 11 is 6.27. The number of benzene rings is 3. The van der Waals surface area contributed by atoms with Crippen molar-refractivity contribution in [2.45, 2.75) is 36.5 Å². The van der Waals surface area contributed by atoms with Gasteiger partial charge in [0.15, 0.2) is 0 Å². The zero-order valence-corrected chi connectivity index (χ0v) is 22.9. The van der Waals surface area contributed by atoms with E-state index in [1.807, 2.05) is 6.92 Å². The minimum Gasteiger partial charge on any atom is -0.325 e. The Labute approximate surface area is 223 Å². The van der Waals surface area contributed by atoms with Crippen LogP contribution in [0, 0.1) is 13.8 Å². The third-order valence-corrected chi connectivity index (χ3v) is 10.3. The monoisotopic (exact) mass is 561 g/mol. The van der Waals surface area contributed by atoms with Crippen LogP contribution in [-0.2, 0) is 24.8 Å². The molecule has 0 unspecified atom stereocenters. The highest BCUT2D eigenvalue weighted by molar-refractivity contribution is 7.92. The molecule has 0 aliphatic carbocycles. The first-order valence-electron chi connectivity index (χ1n) is 11.7. The molecule has 0 bridgehead atoms. The van der Waals surface area contributed by atoms with E-state index in [-0.39, 0.29) is 15.5 Å². The third kappa shape index (κ3) is 5.82. The number of hydrogen-bond donors (Lipinski definition) is 1. The number of carbonyl (C=O) groups is 1. The number of nitrogens with one attached hydrogen (secondary N) is 1. The van der Waals surface area contributed by atoms with Gasteiger partial charge in [0.2, 0.25) is 15.9 Å². The highest BCUT2D eigenvalue weighted by Crippen LogP contribution is 2.31. The Bertz CT molecular complexity index is 1500. The van der Waals surface area contributed by atoms with Gasteiger partial charge in [-0.25, -0.2) is 16.8 Å². The molecule has 37 heavy (non-hydrogen) atoms. The van der Waals surface area contributed by atoms with Crippen LogP contribution in [0.4, 0.5) is 11.4 Å². The summed E-state index contributed by atoms with van der Waals surface area (Å²) in [7, 11) is -7.68. The van der Waals surface area contributed by atoms with Gasteiger partial charge in [0.25, 0.3) is 10.0 Å². The maximum Gasteiger partial charge on any atom is 0.264 e. The average Bonchev–Trinajstić information content (AvgIpc) is 3.41. The fourth-order valence-corrected chi connectivity index (χ4v) is 7.29. The van der Waals surface area contributed by atoms with Crippen LogP contribution in [-0.4, -0.2) is 46.7 Å². The first-order chi connectivity index (χ1) is 17.5. The van der Waals surface area contributed by atoms with Crippen molar-refractivity contribution in [3.63, 3.8) is 0 Å². The first kappa shape index (κ1) is 27.1. The van der Waals surface area contributed by atoms with Gasteiger partial charge >= 0.3 is 0 Å². The lowest BCUT2D eigenvalue weighted by Gasteiger charge is -2.26. The third-order valence-electron chi connectivity index (χ3n) is 6.24. The zero-order valence-electron chi connectivity index (χ0n) is 20.5. The standard InChI is InChI=1S/C26H28ClN3O5S2/c1-19-8-12-23(13-9-19)37(34,35)30(25-7-5-6-24(27)20(25)2)18-26(31)28-21-10-14-22(15-11-21)36(32,33)29-16-3-4-17-29/h5-15H,3-4,16-18H2,1-2H3,(H,28,31). The van der Waals surface area contributed by atoms with Gasteiger partial charge < -0.3 is 5.32 Å². The molecule has 0 saturated carbocycles. The molecule has 1 heterocycles. The van der Waals surface area contributed by atoms with Crippen LogP contribution in [0.1, 0.15) is 24.0 Å². The molecule has 4 rings (SSSR count). The summed E-state index contributed by atoms with van der Waals surface area (Å²) in [4.78, 5) is 13.2. The number of halogens is 1. The van der Waals surface area contributed by atoms with Gasteiger partial charge in [-0.15, -0.1) is 0 Å². The van der Waals surface area contributed by atoms with E-state index in [0.29, 0.717) is 29.4 Å². The predicted octanol–water partition coefficient (Wildman–Crippen LogP) is 4.58. The van der Waals surface area contributed by atoms with Crippen molar-refractivity contribution in [2.75, 3.05) is 29.3 Å². The molecule has 1 aliphatic heterocycles. The Hall–Kier alpha value is -2.92. The smallest absolute Gasteiger partial charge is 0.264 e. The maximum atomic E-state index is 13.6. The minimum atomic E-state index is -4.10. The maximum absolute atomic E-state index is 13.6. The van der Waals surface area contributed by atoms with E-state index in [0.717, 1.165) is 22.7 Å². The average molecular weight is 562 g/mol. The molecule has 0 aromatic heterocycles. The molecule has 11 heteroatoms. The SMILES string of the molecule is Cc1ccc(S(=O)(=O)N(CC(=O)Nc2ccc(S(=O)(=O)N3CCCC3)cc2)c2cccc(Cl)c2C)cc1. The second-order valence-electron chi connectivity index (χ2n) is 8.89. The Kier molecular flexibility index (Phi) is 7.94. The number of carbonyl (C=O) groups excluding carboxylic acids is 1. The van der Waals surface area contributed by atoms with Crippen LogP contribution in [0.2, 0.25) is 5.02 Å². The van der Waals surface area contributed by atoms with Crippen molar-refractivity contribution in [3.8, 4) is 0 Å². The Morgan fingerprint density at radius 3 is 2.11 bits per heavy atom. The fraction of sp³-hybridized carbons (Fsp3) is 0.269. The lowest BCUT2D eigenvalue weighted by Crippen LogP contribution is -2.38. The summed E-state index contributed by atoms with van der Waals surface area (Å²) in [6, 6.07) is 17.1. The van der Waals surface area contributed by atoms with Crippen LogP contribution in [0.5, 0.6) is 0 Å². The molecule has 0 radical (unpaired) electrons. The first-order valence-corrected chi connectivity index (χ1v) is 15.0. The molecule has 1 saturated heterocycles. The van der Waals surface area contributed by atoms with E-state index in [4.69, 9.17) is 11.6 Å². The van der Waals surface area contributed by atoms with E-state index < -0.39 is 32.5 Å². The largest absolute Gasteiger partial charge is 0.325 e. The molecule has 1 fully saturated rings. The summed E-state index contributed by atoms with van der Waals surface area (Å²) < 4.78 is 55.2. The van der Waals surface area contributed by atoms with Gasteiger partial charge in [-0.1, -0.05) is 35.4 Å². The highest BCUT2D eigenvalue weighted by Gasteiger charge is 2.29. The second kappa shape index (κ2) is 10.8. The minimum absolute atomic E-state index is 0.0433. The van der Waals surface area contributed by atoms with Gasteiger partial charge in [0.05, 0.1) is 15.5 Å². The molecule has 3 aromatic carbocycles. The van der Waals surface area contributed by atoms with E-state index in [9.17, 15) is 21.6 Å². The molecule has 8 nitrogen and oxygen atoms in total. The molecule has 1 N–H and O–H groups in total. The molecule has 0 spiro atoms. The molecule has 1 amide bonds. The normalized spacial score (nSPS) is 14.5. The Morgan fingerprint density at radius 2 is 1.49 bits per heavy atom. The van der Waals surface area contributed by atoms with Gasteiger partial charge in [-0.2, -0.15) is 4.31 Å². The molecular weight excluding hydrogens is 534 g/mol. The zero-order chi connectivity index (χ0) is 26.8. The molecule has 196 valence electrons. The Morgan fingerprint density at radius 1 is 0.892 bits per heavy atom. The Balaban J connectivity index is 1.59. The van der Waals surface area contributed by atoms with Crippen LogP contribution < -0.4 is 9.62 Å². The number of rotatable bonds is 8. The summed E-state index contributed by atoms with van der Waals surface area (Å²) in [5.41, 5.74) is 2.05. The van der Waals surface area contributed by atoms with E-state index >= 15 is 0 Å². The summed E-state index contributed by atoms with van der Waals surface area (Å²) in [5.74, 6) is -0.592. The highest BCUT2D eigenvalue weighted by atomic mass is 35.5. The molecule has 3 aromatic rings. The number of nitrogens with zero attached hydrogens (tertiary/aromatic N) is 2. The van der Waals surface area contributed by atoms with Gasteiger partial charge in [-0.3, -0.25) is 9.10 Å². The van der Waals surface area contributed by atoms with Gasteiger partial charge in [-0.05, 0) is 80.8 Å². The van der Waals surface area contributed by atoms with Crippen molar-refractivity contribution in [1.29, 1.82) is 0 Å². The quantitative estimate of drug-likeness (QED) is 0.434. The number of hydrogen-bond acceptors (Lipinski definition) is 5. The van der Waals surface area contributed by atoms with Crippen molar-refractivity contribution in [1.82, 2.24) is 4.31 Å². The predicted molar refractivity (Wildman–Crippen MR) is 145 cm³/mol. The number of aryl methyl sites for hydroxylation is 1. The molecule has 1 aliphatic rings. The van der Waals surface area contributed by atoms with Crippen LogP contribution in [0.3, 0.4) is 0 Å². The van der Waals surface area contributed by atoms with Crippen LogP contribution in [0.15, 0.2) is 76.5 Å². The van der Waals surface area contributed by atoms with Crippen molar-refractivity contribution >= 4 is 48.9 Å². The van der Waals surface area contributed by atoms with E-state index in [2.05, 4.69) is 5.32 Å². The summed E-state index contributed by atoms with van der Waals surface area (Å²) in [5, 5.41) is 3.04. The van der Waals surface area contributed by atoms with E-state index in [1.54, 1.807) is 37.3 Å². The molecular formula is C26H28ClN3O5S2. The summed E-state index contributed by atoms with van der Waals surface area (Å²) in [6.07, 6.45) is 1.67. The lowest BCUT2D eigenvalue weighted by atomic mass is 10.2. The second-order valence-corrected chi connectivity index (χ2v) is 13.1.